The molecule has 222 valence electrons. The van der Waals surface area contributed by atoms with Gasteiger partial charge in [0.2, 0.25) is 5.91 Å². The lowest BCUT2D eigenvalue weighted by Gasteiger charge is -2.39. The molecule has 12 heteroatoms. The normalized spacial score (nSPS) is 17.3. The highest BCUT2D eigenvalue weighted by atomic mass is 32.1. The minimum atomic E-state index is -3.11. The molecular formula is C31H30F2N6O3S. The van der Waals surface area contributed by atoms with Gasteiger partial charge in [-0.3, -0.25) is 14.9 Å². The standard InChI is InChI=1S/C31H30F2N6O3S/c32-31(33)18-39(27-11-5-10-24(36-27)25-17-43-30(37-25)38-28(40)14-34)13-12-26(31)35-15-29(41)42-16-23-21-8-3-1-6-19(21)20-7-2-4-9-22(20)23/h1-11,17,23,26,35H,12-16,18,34H2,(H,37,38,40)/t26-/m1/s1. The van der Waals surface area contributed by atoms with Gasteiger partial charge in [-0.25, -0.2) is 18.7 Å². The van der Waals surface area contributed by atoms with Crippen molar-refractivity contribution in [3.8, 4) is 22.5 Å². The summed E-state index contributed by atoms with van der Waals surface area (Å²) in [5.74, 6) is -3.74. The van der Waals surface area contributed by atoms with Crippen molar-refractivity contribution in [1.82, 2.24) is 15.3 Å². The Morgan fingerprint density at radius 3 is 2.42 bits per heavy atom. The largest absolute Gasteiger partial charge is 0.464 e. The van der Waals surface area contributed by atoms with Gasteiger partial charge in [-0.05, 0) is 40.8 Å². The second kappa shape index (κ2) is 12.2. The van der Waals surface area contributed by atoms with Crippen LogP contribution in [-0.2, 0) is 14.3 Å². The number of halogens is 2. The maximum absolute atomic E-state index is 15.3. The van der Waals surface area contributed by atoms with Gasteiger partial charge in [0.05, 0.1) is 31.4 Å². The summed E-state index contributed by atoms with van der Waals surface area (Å²) in [4.78, 5) is 34.6. The van der Waals surface area contributed by atoms with Gasteiger partial charge in [0.1, 0.15) is 18.1 Å². The molecule has 4 N–H and O–H groups in total. The molecule has 2 aliphatic rings. The van der Waals surface area contributed by atoms with Crippen LogP contribution in [0.1, 0.15) is 23.5 Å². The Hall–Kier alpha value is -4.26. The number of fused-ring (bicyclic) bond motifs is 3. The van der Waals surface area contributed by atoms with Crippen molar-refractivity contribution < 1.29 is 23.1 Å². The van der Waals surface area contributed by atoms with Crippen LogP contribution >= 0.6 is 11.3 Å². The van der Waals surface area contributed by atoms with Gasteiger partial charge >= 0.3 is 5.97 Å². The molecule has 1 aliphatic heterocycles. The van der Waals surface area contributed by atoms with Gasteiger partial charge in [-0.2, -0.15) is 0 Å². The second-order valence-electron chi connectivity index (χ2n) is 10.5. The fraction of sp³-hybridized carbons (Fsp3) is 0.290. The third-order valence-corrected chi connectivity index (χ3v) is 8.48. The Labute approximate surface area is 251 Å². The van der Waals surface area contributed by atoms with E-state index in [1.165, 1.54) is 16.2 Å². The number of ether oxygens (including phenoxy) is 1. The van der Waals surface area contributed by atoms with Crippen LogP contribution in [0.5, 0.6) is 0 Å². The SMILES string of the molecule is NCC(=O)Nc1nc(-c2cccc(N3CC[C@@H](NCC(=O)OCC4c5ccccc5-c5ccccc54)C(F)(F)C3)n2)cs1. The van der Waals surface area contributed by atoms with Crippen molar-refractivity contribution in [2.24, 2.45) is 5.73 Å². The van der Waals surface area contributed by atoms with Crippen LogP contribution in [0, 0.1) is 0 Å². The zero-order valence-electron chi connectivity index (χ0n) is 23.1. The number of pyridine rings is 1. The van der Waals surface area contributed by atoms with Crippen molar-refractivity contribution in [2.75, 3.05) is 43.0 Å². The highest BCUT2D eigenvalue weighted by Crippen LogP contribution is 2.44. The van der Waals surface area contributed by atoms with E-state index in [1.807, 2.05) is 36.4 Å². The van der Waals surface area contributed by atoms with Gasteiger partial charge in [0, 0.05) is 17.8 Å². The summed E-state index contributed by atoms with van der Waals surface area (Å²) >= 11 is 1.22. The van der Waals surface area contributed by atoms with Crippen LogP contribution in [-0.4, -0.2) is 66.6 Å². The molecular weight excluding hydrogens is 574 g/mol. The van der Waals surface area contributed by atoms with Crippen LogP contribution in [0.2, 0.25) is 0 Å². The summed E-state index contributed by atoms with van der Waals surface area (Å²) in [6.45, 7) is -0.556. The number of carbonyl (C=O) groups is 2. The predicted octanol–water partition coefficient (Wildman–Crippen LogP) is 4.26. The van der Waals surface area contributed by atoms with E-state index in [0.29, 0.717) is 28.9 Å². The third kappa shape index (κ3) is 6.12. The molecule has 1 amide bonds. The average molecular weight is 605 g/mol. The number of amides is 1. The topological polar surface area (TPSA) is 122 Å². The van der Waals surface area contributed by atoms with E-state index < -0.39 is 24.5 Å². The smallest absolute Gasteiger partial charge is 0.319 e. The lowest BCUT2D eigenvalue weighted by atomic mass is 9.98. The number of alkyl halides is 2. The van der Waals surface area contributed by atoms with Crippen molar-refractivity contribution in [3.05, 3.63) is 83.2 Å². The van der Waals surface area contributed by atoms with Crippen LogP contribution in [0.4, 0.5) is 19.7 Å². The average Bonchev–Trinajstić information content (AvgIpc) is 3.61. The van der Waals surface area contributed by atoms with Crippen molar-refractivity contribution in [3.63, 3.8) is 0 Å². The Kier molecular flexibility index (Phi) is 8.15. The summed E-state index contributed by atoms with van der Waals surface area (Å²) in [6, 6.07) is 20.0. The molecule has 2 aromatic heterocycles. The van der Waals surface area contributed by atoms with E-state index in [2.05, 4.69) is 32.7 Å². The molecule has 0 unspecified atom stereocenters. The molecule has 0 saturated carbocycles. The predicted molar refractivity (Wildman–Crippen MR) is 161 cm³/mol. The number of hydrogen-bond acceptors (Lipinski definition) is 9. The molecule has 0 radical (unpaired) electrons. The van der Waals surface area contributed by atoms with Crippen LogP contribution in [0.25, 0.3) is 22.5 Å². The molecule has 3 heterocycles. The summed E-state index contributed by atoms with van der Waals surface area (Å²) in [6.07, 6.45) is 0.113. The minimum absolute atomic E-state index is 0.0927. The molecule has 0 spiro atoms. The Morgan fingerprint density at radius 1 is 1.00 bits per heavy atom. The van der Waals surface area contributed by atoms with E-state index in [1.54, 1.807) is 23.6 Å². The van der Waals surface area contributed by atoms with E-state index in [-0.39, 0.29) is 37.9 Å². The number of nitrogens with one attached hydrogen (secondary N) is 2. The second-order valence-corrected chi connectivity index (χ2v) is 11.3. The van der Waals surface area contributed by atoms with Crippen molar-refractivity contribution >= 4 is 34.2 Å². The molecule has 2 aromatic carbocycles. The molecule has 43 heavy (non-hydrogen) atoms. The molecule has 1 fully saturated rings. The highest BCUT2D eigenvalue weighted by molar-refractivity contribution is 7.14. The first-order valence-corrected chi connectivity index (χ1v) is 14.8. The zero-order chi connectivity index (χ0) is 30.0. The van der Waals surface area contributed by atoms with Gasteiger partial charge in [-0.15, -0.1) is 11.3 Å². The summed E-state index contributed by atoms with van der Waals surface area (Å²) in [7, 11) is 0. The zero-order valence-corrected chi connectivity index (χ0v) is 23.9. The molecule has 4 aromatic rings. The number of benzene rings is 2. The van der Waals surface area contributed by atoms with Crippen LogP contribution in [0.3, 0.4) is 0 Å². The van der Waals surface area contributed by atoms with Crippen molar-refractivity contribution in [2.45, 2.75) is 24.3 Å². The number of nitrogens with two attached hydrogens (primary N) is 1. The fourth-order valence-corrected chi connectivity index (χ4v) is 6.34. The van der Waals surface area contributed by atoms with E-state index in [9.17, 15) is 9.59 Å². The molecule has 9 nitrogen and oxygen atoms in total. The number of carbonyl (C=O) groups excluding carboxylic acids is 2. The lowest BCUT2D eigenvalue weighted by molar-refractivity contribution is -0.143. The number of rotatable bonds is 9. The molecule has 6 rings (SSSR count). The first-order valence-electron chi connectivity index (χ1n) is 14.0. The van der Waals surface area contributed by atoms with Crippen LogP contribution < -0.4 is 21.3 Å². The lowest BCUT2D eigenvalue weighted by Crippen LogP contribution is -2.58. The van der Waals surface area contributed by atoms with E-state index in [4.69, 9.17) is 10.5 Å². The number of thiazole rings is 1. The first kappa shape index (κ1) is 28.8. The number of hydrogen-bond donors (Lipinski definition) is 3. The number of nitrogens with zero attached hydrogens (tertiary/aromatic N) is 3. The van der Waals surface area contributed by atoms with Crippen molar-refractivity contribution in [1.29, 1.82) is 0 Å². The van der Waals surface area contributed by atoms with E-state index in [0.717, 1.165) is 22.3 Å². The number of piperidine rings is 1. The monoisotopic (exact) mass is 604 g/mol. The molecule has 1 saturated heterocycles. The summed E-state index contributed by atoms with van der Waals surface area (Å²) in [5, 5.41) is 7.44. The van der Waals surface area contributed by atoms with Gasteiger partial charge < -0.3 is 20.7 Å². The maximum Gasteiger partial charge on any atom is 0.319 e. The minimum Gasteiger partial charge on any atom is -0.464 e. The first-order chi connectivity index (χ1) is 20.8. The number of esters is 1. The third-order valence-electron chi connectivity index (χ3n) is 7.72. The number of aromatic nitrogens is 2. The Bertz CT molecular complexity index is 1600. The van der Waals surface area contributed by atoms with E-state index >= 15 is 8.78 Å². The van der Waals surface area contributed by atoms with Gasteiger partial charge in [-0.1, -0.05) is 54.6 Å². The fourth-order valence-electron chi connectivity index (χ4n) is 5.62. The molecule has 1 atom stereocenters. The van der Waals surface area contributed by atoms with Gasteiger partial charge in [0.15, 0.2) is 5.13 Å². The molecule has 1 aliphatic carbocycles. The summed E-state index contributed by atoms with van der Waals surface area (Å²) < 4.78 is 36.1. The Balaban J connectivity index is 1.03. The summed E-state index contributed by atoms with van der Waals surface area (Å²) in [5.41, 5.74) is 10.8. The quantitative estimate of drug-likeness (QED) is 0.242. The highest BCUT2D eigenvalue weighted by Gasteiger charge is 2.45. The maximum atomic E-state index is 15.3. The number of anilines is 2. The Morgan fingerprint density at radius 2 is 1.72 bits per heavy atom. The molecule has 0 bridgehead atoms. The van der Waals surface area contributed by atoms with Crippen LogP contribution in [0.15, 0.2) is 72.1 Å². The van der Waals surface area contributed by atoms with Gasteiger partial charge in [0.25, 0.3) is 5.92 Å².